The van der Waals surface area contributed by atoms with Crippen LogP contribution >= 0.6 is 11.6 Å². The number of hydrogen-bond donors (Lipinski definition) is 1. The minimum atomic E-state index is -0.780. The number of carbonyl (C=O) groups is 3. The highest BCUT2D eigenvalue weighted by molar-refractivity contribution is 6.32. The van der Waals surface area contributed by atoms with Crippen LogP contribution in [0.4, 0.5) is 9.18 Å². The molecule has 30 heavy (non-hydrogen) atoms. The van der Waals surface area contributed by atoms with Crippen LogP contribution in [0.1, 0.15) is 47.1 Å². The fourth-order valence-corrected chi connectivity index (χ4v) is 3.79. The third kappa shape index (κ3) is 3.25. The third-order valence-electron chi connectivity index (χ3n) is 4.78. The zero-order chi connectivity index (χ0) is 21.8. The van der Waals surface area contributed by atoms with Gasteiger partial charge in [0, 0.05) is 28.6 Å². The molecule has 0 saturated heterocycles. The van der Waals surface area contributed by atoms with E-state index in [4.69, 9.17) is 16.3 Å². The van der Waals surface area contributed by atoms with Gasteiger partial charge < -0.3 is 10.1 Å². The van der Waals surface area contributed by atoms with E-state index in [0.717, 1.165) is 6.07 Å². The van der Waals surface area contributed by atoms with Crippen molar-refractivity contribution < 1.29 is 23.5 Å². The molecule has 6 nitrogen and oxygen atoms in total. The molecular formula is C22H18ClFN2O4. The highest BCUT2D eigenvalue weighted by Gasteiger charge is 2.31. The lowest BCUT2D eigenvalue weighted by atomic mass is 9.99. The molecule has 1 aromatic heterocycles. The summed E-state index contributed by atoms with van der Waals surface area (Å²) in [6.07, 6.45) is 0.00527. The fraction of sp³-hybridized carbons (Fsp3) is 0.227. The molecule has 0 aliphatic carbocycles. The number of benzene rings is 2. The molecule has 1 aliphatic heterocycles. The Kier molecular flexibility index (Phi) is 4.66. The summed E-state index contributed by atoms with van der Waals surface area (Å²) in [6.45, 7) is 5.29. The largest absolute Gasteiger partial charge is 0.443 e. The molecule has 0 atom stereocenters. The first-order valence-corrected chi connectivity index (χ1v) is 9.62. The van der Waals surface area contributed by atoms with Gasteiger partial charge in [0.25, 0.3) is 5.91 Å². The van der Waals surface area contributed by atoms with Crippen molar-refractivity contribution in [3.63, 3.8) is 0 Å². The van der Waals surface area contributed by atoms with Crippen LogP contribution in [0.25, 0.3) is 22.2 Å². The van der Waals surface area contributed by atoms with Crippen LogP contribution in [0.15, 0.2) is 30.3 Å². The molecule has 2 aromatic carbocycles. The molecule has 0 bridgehead atoms. The molecule has 0 spiro atoms. The monoisotopic (exact) mass is 428 g/mol. The molecule has 1 amide bonds. The van der Waals surface area contributed by atoms with Gasteiger partial charge in [-0.05, 0) is 51.1 Å². The van der Waals surface area contributed by atoms with Gasteiger partial charge in [-0.25, -0.2) is 13.8 Å². The Bertz CT molecular complexity index is 1240. The van der Waals surface area contributed by atoms with Crippen molar-refractivity contribution in [2.75, 3.05) is 0 Å². The predicted molar refractivity (Wildman–Crippen MR) is 111 cm³/mol. The normalized spacial score (nSPS) is 13.3. The summed E-state index contributed by atoms with van der Waals surface area (Å²) in [7, 11) is 0. The van der Waals surface area contributed by atoms with Crippen molar-refractivity contribution in [2.24, 2.45) is 0 Å². The minimum Gasteiger partial charge on any atom is -0.443 e. The number of hydrogen-bond acceptors (Lipinski definition) is 4. The highest BCUT2D eigenvalue weighted by atomic mass is 35.5. The summed E-state index contributed by atoms with van der Waals surface area (Å²) >= 11 is 6.07. The quantitative estimate of drug-likeness (QED) is 0.586. The van der Waals surface area contributed by atoms with E-state index >= 15 is 0 Å². The van der Waals surface area contributed by atoms with Gasteiger partial charge >= 0.3 is 6.09 Å². The molecule has 4 rings (SSSR count). The van der Waals surface area contributed by atoms with Gasteiger partial charge in [0.1, 0.15) is 17.7 Å². The van der Waals surface area contributed by atoms with E-state index in [1.54, 1.807) is 45.0 Å². The van der Waals surface area contributed by atoms with Crippen LogP contribution in [0.5, 0.6) is 0 Å². The Morgan fingerprint density at radius 2 is 2.00 bits per heavy atom. The number of amides is 1. The maximum Gasteiger partial charge on any atom is 0.419 e. The minimum absolute atomic E-state index is 0.0969. The average Bonchev–Trinajstić information content (AvgIpc) is 3.24. The molecule has 154 valence electrons. The fourth-order valence-electron chi connectivity index (χ4n) is 3.57. The van der Waals surface area contributed by atoms with E-state index < -0.39 is 23.4 Å². The third-order valence-corrected chi connectivity index (χ3v) is 5.19. The van der Waals surface area contributed by atoms with Crippen molar-refractivity contribution in [3.8, 4) is 11.3 Å². The van der Waals surface area contributed by atoms with Gasteiger partial charge in [0.2, 0.25) is 0 Å². The van der Waals surface area contributed by atoms with Gasteiger partial charge in [-0.15, -0.1) is 0 Å². The molecule has 8 heteroatoms. The van der Waals surface area contributed by atoms with Crippen molar-refractivity contribution in [1.82, 2.24) is 9.88 Å². The molecule has 3 aromatic rings. The zero-order valence-electron chi connectivity index (χ0n) is 16.5. The van der Waals surface area contributed by atoms with Crippen LogP contribution in [-0.2, 0) is 11.3 Å². The molecule has 1 aliphatic rings. The standard InChI is InChI=1S/C22H18ClFN2O4/c1-22(2,3)30-21(29)26-16-5-4-11(10-27)6-12(16)7-17(26)13-8-15(24)19(23)14-9-25-20(28)18(13)14/h4-8,10H,9H2,1-3H3,(H,25,28). The number of aldehydes is 1. The first kappa shape index (κ1) is 20.1. The lowest BCUT2D eigenvalue weighted by molar-refractivity contribution is 0.0546. The summed E-state index contributed by atoms with van der Waals surface area (Å²) in [6, 6.07) is 7.56. The zero-order valence-corrected chi connectivity index (χ0v) is 17.3. The molecule has 2 heterocycles. The lowest BCUT2D eigenvalue weighted by Crippen LogP contribution is -2.27. The molecule has 0 unspecified atom stereocenters. The number of halogens is 2. The number of nitrogens with zero attached hydrogens (tertiary/aromatic N) is 1. The maximum atomic E-state index is 14.6. The van der Waals surface area contributed by atoms with Crippen LogP contribution in [-0.4, -0.2) is 28.5 Å². The van der Waals surface area contributed by atoms with Crippen molar-refractivity contribution in [2.45, 2.75) is 32.9 Å². The van der Waals surface area contributed by atoms with E-state index in [0.29, 0.717) is 28.3 Å². The smallest absolute Gasteiger partial charge is 0.419 e. The van der Waals surface area contributed by atoms with Gasteiger partial charge in [0.15, 0.2) is 0 Å². The maximum absolute atomic E-state index is 14.6. The molecular weight excluding hydrogens is 411 g/mol. The first-order chi connectivity index (χ1) is 14.1. The van der Waals surface area contributed by atoms with E-state index in [2.05, 4.69) is 5.32 Å². The number of fused-ring (bicyclic) bond motifs is 2. The van der Waals surface area contributed by atoms with Crippen molar-refractivity contribution in [1.29, 1.82) is 0 Å². The molecule has 0 saturated carbocycles. The van der Waals surface area contributed by atoms with Crippen LogP contribution in [0, 0.1) is 5.82 Å². The second-order valence-electron chi connectivity index (χ2n) is 8.04. The Morgan fingerprint density at radius 1 is 1.27 bits per heavy atom. The van der Waals surface area contributed by atoms with E-state index in [1.807, 2.05) is 0 Å². The second-order valence-corrected chi connectivity index (χ2v) is 8.42. The summed E-state index contributed by atoms with van der Waals surface area (Å²) in [4.78, 5) is 36.7. The number of rotatable bonds is 2. The summed E-state index contributed by atoms with van der Waals surface area (Å²) in [5.41, 5.74) is 1.14. The summed E-state index contributed by atoms with van der Waals surface area (Å²) in [5.74, 6) is -1.10. The van der Waals surface area contributed by atoms with E-state index in [-0.39, 0.29) is 28.4 Å². The van der Waals surface area contributed by atoms with Crippen LogP contribution < -0.4 is 5.32 Å². The first-order valence-electron chi connectivity index (χ1n) is 9.24. The van der Waals surface area contributed by atoms with Crippen LogP contribution in [0.3, 0.4) is 0 Å². The van der Waals surface area contributed by atoms with E-state index in [1.165, 1.54) is 4.57 Å². The Morgan fingerprint density at radius 3 is 2.67 bits per heavy atom. The van der Waals surface area contributed by atoms with Gasteiger partial charge in [-0.1, -0.05) is 11.6 Å². The summed E-state index contributed by atoms with van der Waals surface area (Å²) < 4.78 is 21.4. The molecule has 0 radical (unpaired) electrons. The highest BCUT2D eigenvalue weighted by Crippen LogP contribution is 2.38. The molecule has 1 N–H and O–H groups in total. The number of aromatic nitrogens is 1. The SMILES string of the molecule is CC(C)(C)OC(=O)n1c(-c2cc(F)c(Cl)c3c2C(=O)NC3)cc2cc(C=O)ccc21. The van der Waals surface area contributed by atoms with Gasteiger partial charge in [-0.2, -0.15) is 0 Å². The predicted octanol–water partition coefficient (Wildman–Crippen LogP) is 4.94. The number of carbonyl (C=O) groups excluding carboxylic acids is 3. The van der Waals surface area contributed by atoms with Gasteiger partial charge in [0.05, 0.1) is 21.8 Å². The van der Waals surface area contributed by atoms with Crippen molar-refractivity contribution in [3.05, 3.63) is 57.9 Å². The lowest BCUT2D eigenvalue weighted by Gasteiger charge is -2.21. The topological polar surface area (TPSA) is 77.4 Å². The Balaban J connectivity index is 2.05. The Hall–Kier alpha value is -3.19. The van der Waals surface area contributed by atoms with Crippen molar-refractivity contribution >= 4 is 40.8 Å². The molecule has 0 fully saturated rings. The number of nitrogens with one attached hydrogen (secondary N) is 1. The van der Waals surface area contributed by atoms with Crippen LogP contribution in [0.2, 0.25) is 5.02 Å². The van der Waals surface area contributed by atoms with Gasteiger partial charge in [-0.3, -0.25) is 9.59 Å². The summed E-state index contributed by atoms with van der Waals surface area (Å²) in [5, 5.41) is 3.08. The average molecular weight is 429 g/mol. The second kappa shape index (κ2) is 6.95. The number of ether oxygens (including phenoxy) is 1. The van der Waals surface area contributed by atoms with E-state index in [9.17, 15) is 18.8 Å². The Labute approximate surface area is 176 Å².